The van der Waals surface area contributed by atoms with Gasteiger partial charge in [-0.25, -0.2) is 4.98 Å². The number of rotatable bonds is 4. The van der Waals surface area contributed by atoms with Crippen molar-refractivity contribution in [2.45, 2.75) is 19.1 Å². The molecular formula is C14H20Cl2N4O. The molecule has 0 amide bonds. The first-order chi connectivity index (χ1) is 9.34. The fraction of sp³-hybridized carbons (Fsp3) is 0.429. The summed E-state index contributed by atoms with van der Waals surface area (Å²) in [6.07, 6.45) is 5.50. The average Bonchev–Trinajstić information content (AvgIpc) is 2.83. The molecule has 7 heteroatoms. The molecule has 2 aromatic heterocycles. The lowest BCUT2D eigenvalue weighted by Gasteiger charge is -2.24. The third-order valence-corrected chi connectivity index (χ3v) is 3.44. The van der Waals surface area contributed by atoms with Crippen LogP contribution in [0.15, 0.2) is 30.9 Å². The SMILES string of the molecule is Cl.Cl.Cn1cnc2c1C(COCc1cccnc1)CNC2. The van der Waals surface area contributed by atoms with Crippen molar-refractivity contribution in [1.82, 2.24) is 19.9 Å². The Morgan fingerprint density at radius 3 is 3.05 bits per heavy atom. The molecule has 3 heterocycles. The van der Waals surface area contributed by atoms with E-state index < -0.39 is 0 Å². The van der Waals surface area contributed by atoms with Gasteiger partial charge in [0.1, 0.15) is 0 Å². The molecule has 0 saturated heterocycles. The second-order valence-corrected chi connectivity index (χ2v) is 4.89. The van der Waals surface area contributed by atoms with Gasteiger partial charge in [-0.1, -0.05) is 6.07 Å². The third-order valence-electron chi connectivity index (χ3n) is 3.44. The van der Waals surface area contributed by atoms with Gasteiger partial charge in [0.25, 0.3) is 0 Å². The number of halogens is 2. The first-order valence-electron chi connectivity index (χ1n) is 6.52. The van der Waals surface area contributed by atoms with Crippen LogP contribution in [0.25, 0.3) is 0 Å². The second kappa shape index (κ2) is 8.34. The summed E-state index contributed by atoms with van der Waals surface area (Å²) < 4.78 is 7.92. The third kappa shape index (κ3) is 4.17. The van der Waals surface area contributed by atoms with Crippen molar-refractivity contribution in [3.8, 4) is 0 Å². The van der Waals surface area contributed by atoms with Crippen molar-refractivity contribution < 1.29 is 4.74 Å². The zero-order valence-electron chi connectivity index (χ0n) is 11.9. The van der Waals surface area contributed by atoms with Crippen LogP contribution in [-0.2, 0) is 24.9 Å². The lowest BCUT2D eigenvalue weighted by molar-refractivity contribution is 0.103. The van der Waals surface area contributed by atoms with Crippen molar-refractivity contribution in [3.63, 3.8) is 0 Å². The Bertz CT molecular complexity index is 547. The Morgan fingerprint density at radius 1 is 1.43 bits per heavy atom. The summed E-state index contributed by atoms with van der Waals surface area (Å²) in [6, 6.07) is 3.96. The van der Waals surface area contributed by atoms with Gasteiger partial charge in [0.2, 0.25) is 0 Å². The number of pyridine rings is 1. The van der Waals surface area contributed by atoms with Gasteiger partial charge in [0.15, 0.2) is 0 Å². The molecule has 0 radical (unpaired) electrons. The molecule has 2 aromatic rings. The largest absolute Gasteiger partial charge is 0.376 e. The van der Waals surface area contributed by atoms with Crippen molar-refractivity contribution in [1.29, 1.82) is 0 Å². The molecule has 0 fully saturated rings. The van der Waals surface area contributed by atoms with Crippen LogP contribution < -0.4 is 5.32 Å². The molecule has 0 aromatic carbocycles. The molecule has 1 atom stereocenters. The number of nitrogens with zero attached hydrogens (tertiary/aromatic N) is 3. The van der Waals surface area contributed by atoms with Crippen LogP contribution in [0, 0.1) is 0 Å². The van der Waals surface area contributed by atoms with Gasteiger partial charge in [0, 0.05) is 44.1 Å². The van der Waals surface area contributed by atoms with E-state index in [2.05, 4.69) is 19.9 Å². The molecule has 3 rings (SSSR count). The number of aryl methyl sites for hydroxylation is 1. The van der Waals surface area contributed by atoms with Gasteiger partial charge in [-0.3, -0.25) is 4.98 Å². The molecule has 0 saturated carbocycles. The molecule has 1 unspecified atom stereocenters. The zero-order chi connectivity index (χ0) is 13.1. The smallest absolute Gasteiger partial charge is 0.0949 e. The number of imidazole rings is 1. The number of nitrogens with one attached hydrogen (secondary N) is 1. The van der Waals surface area contributed by atoms with Gasteiger partial charge in [-0.15, -0.1) is 24.8 Å². The molecule has 1 aliphatic heterocycles. The fourth-order valence-corrected chi connectivity index (χ4v) is 2.55. The Morgan fingerprint density at radius 2 is 2.29 bits per heavy atom. The molecule has 21 heavy (non-hydrogen) atoms. The Hall–Kier alpha value is -1.14. The summed E-state index contributed by atoms with van der Waals surface area (Å²) in [6.45, 7) is 3.11. The highest BCUT2D eigenvalue weighted by atomic mass is 35.5. The van der Waals surface area contributed by atoms with E-state index in [0.29, 0.717) is 19.1 Å². The Labute approximate surface area is 137 Å². The summed E-state index contributed by atoms with van der Waals surface area (Å²) >= 11 is 0. The fourth-order valence-electron chi connectivity index (χ4n) is 2.55. The maximum Gasteiger partial charge on any atom is 0.0949 e. The van der Waals surface area contributed by atoms with Crippen molar-refractivity contribution in [2.24, 2.45) is 7.05 Å². The molecule has 1 N–H and O–H groups in total. The highest BCUT2D eigenvalue weighted by Gasteiger charge is 2.23. The maximum atomic E-state index is 5.82. The van der Waals surface area contributed by atoms with Crippen LogP contribution in [0.3, 0.4) is 0 Å². The number of fused-ring (bicyclic) bond motifs is 1. The minimum Gasteiger partial charge on any atom is -0.376 e. The second-order valence-electron chi connectivity index (χ2n) is 4.89. The summed E-state index contributed by atoms with van der Waals surface area (Å²) in [5.41, 5.74) is 3.55. The molecule has 0 bridgehead atoms. The van der Waals surface area contributed by atoms with Gasteiger partial charge >= 0.3 is 0 Å². The van der Waals surface area contributed by atoms with E-state index in [1.807, 2.05) is 31.7 Å². The number of hydrogen-bond donors (Lipinski definition) is 1. The van der Waals surface area contributed by atoms with Crippen LogP contribution in [0.4, 0.5) is 0 Å². The Balaban J connectivity index is 0.00000110. The highest BCUT2D eigenvalue weighted by Crippen LogP contribution is 2.23. The highest BCUT2D eigenvalue weighted by molar-refractivity contribution is 5.85. The van der Waals surface area contributed by atoms with E-state index >= 15 is 0 Å². The van der Waals surface area contributed by atoms with E-state index in [0.717, 1.165) is 24.3 Å². The van der Waals surface area contributed by atoms with E-state index in [1.165, 1.54) is 5.69 Å². The first kappa shape index (κ1) is 17.9. The van der Waals surface area contributed by atoms with E-state index in [4.69, 9.17) is 4.74 Å². The van der Waals surface area contributed by atoms with Gasteiger partial charge in [-0.2, -0.15) is 0 Å². The molecule has 116 valence electrons. The van der Waals surface area contributed by atoms with Crippen molar-refractivity contribution in [2.75, 3.05) is 13.2 Å². The van der Waals surface area contributed by atoms with E-state index in [9.17, 15) is 0 Å². The van der Waals surface area contributed by atoms with Gasteiger partial charge in [-0.05, 0) is 11.6 Å². The van der Waals surface area contributed by atoms with Crippen LogP contribution in [0.5, 0.6) is 0 Å². The summed E-state index contributed by atoms with van der Waals surface area (Å²) in [7, 11) is 2.05. The number of aromatic nitrogens is 3. The number of hydrogen-bond acceptors (Lipinski definition) is 4. The normalized spacial score (nSPS) is 16.5. The summed E-state index contributed by atoms with van der Waals surface area (Å²) in [4.78, 5) is 8.49. The average molecular weight is 331 g/mol. The van der Waals surface area contributed by atoms with E-state index in [-0.39, 0.29) is 24.8 Å². The quantitative estimate of drug-likeness (QED) is 0.932. The molecule has 1 aliphatic rings. The first-order valence-corrected chi connectivity index (χ1v) is 6.52. The molecular weight excluding hydrogens is 311 g/mol. The molecule has 0 aliphatic carbocycles. The monoisotopic (exact) mass is 330 g/mol. The Kier molecular flexibility index (Phi) is 7.11. The van der Waals surface area contributed by atoms with Crippen LogP contribution >= 0.6 is 24.8 Å². The van der Waals surface area contributed by atoms with E-state index in [1.54, 1.807) is 6.20 Å². The standard InChI is InChI=1S/C14H18N4O.2ClH/c1-18-10-17-13-7-16-6-12(14(13)18)9-19-8-11-3-2-4-15-5-11;;/h2-5,10,12,16H,6-9H2,1H3;2*1H. The van der Waals surface area contributed by atoms with Crippen molar-refractivity contribution >= 4 is 24.8 Å². The lowest BCUT2D eigenvalue weighted by Crippen LogP contribution is -2.31. The minimum absolute atomic E-state index is 0. The summed E-state index contributed by atoms with van der Waals surface area (Å²) in [5, 5.41) is 3.38. The van der Waals surface area contributed by atoms with Crippen molar-refractivity contribution in [3.05, 3.63) is 47.8 Å². The predicted molar refractivity (Wildman–Crippen MR) is 86.0 cm³/mol. The maximum absolute atomic E-state index is 5.82. The van der Waals surface area contributed by atoms with Crippen LogP contribution in [0.2, 0.25) is 0 Å². The topological polar surface area (TPSA) is 52.0 Å². The molecule has 5 nitrogen and oxygen atoms in total. The zero-order valence-corrected chi connectivity index (χ0v) is 13.5. The lowest BCUT2D eigenvalue weighted by atomic mass is 10.0. The predicted octanol–water partition coefficient (Wildman–Crippen LogP) is 2.06. The van der Waals surface area contributed by atoms with Gasteiger partial charge < -0.3 is 14.6 Å². The summed E-state index contributed by atoms with van der Waals surface area (Å²) in [5.74, 6) is 0.368. The van der Waals surface area contributed by atoms with Gasteiger partial charge in [0.05, 0.1) is 25.2 Å². The molecule has 0 spiro atoms. The van der Waals surface area contributed by atoms with Crippen LogP contribution in [0.1, 0.15) is 22.9 Å². The van der Waals surface area contributed by atoms with Crippen LogP contribution in [-0.4, -0.2) is 27.7 Å². The number of ether oxygens (including phenoxy) is 1. The minimum atomic E-state index is 0.